The smallest absolute Gasteiger partial charge is 0.191 e. The van der Waals surface area contributed by atoms with Crippen molar-refractivity contribution in [2.45, 2.75) is 32.9 Å². The van der Waals surface area contributed by atoms with Crippen LogP contribution in [0.4, 0.5) is 0 Å². The van der Waals surface area contributed by atoms with Crippen LogP contribution in [0.2, 0.25) is 0 Å². The first-order valence-corrected chi connectivity index (χ1v) is 8.30. The monoisotopic (exact) mass is 329 g/mol. The number of guanidine groups is 1. The molecule has 1 atom stereocenters. The van der Waals surface area contributed by atoms with Crippen molar-refractivity contribution in [3.05, 3.63) is 53.9 Å². The molecule has 0 aliphatic carbocycles. The van der Waals surface area contributed by atoms with E-state index in [1.54, 1.807) is 6.92 Å². The van der Waals surface area contributed by atoms with E-state index < -0.39 is 5.60 Å². The van der Waals surface area contributed by atoms with Gasteiger partial charge in [-0.3, -0.25) is 4.68 Å². The largest absolute Gasteiger partial charge is 0.384 e. The van der Waals surface area contributed by atoms with E-state index in [1.807, 2.05) is 61.3 Å². The van der Waals surface area contributed by atoms with Crippen LogP contribution in [0.15, 0.2) is 47.7 Å². The van der Waals surface area contributed by atoms with Gasteiger partial charge in [0.05, 0.1) is 19.3 Å². The number of aromatic nitrogens is 2. The maximum absolute atomic E-state index is 10.6. The lowest BCUT2D eigenvalue weighted by atomic mass is 9.96. The second kappa shape index (κ2) is 8.49. The Labute approximate surface area is 143 Å². The third-order valence-corrected chi connectivity index (χ3v) is 3.68. The summed E-state index contributed by atoms with van der Waals surface area (Å²) in [7, 11) is 0. The van der Waals surface area contributed by atoms with Crippen molar-refractivity contribution < 1.29 is 5.11 Å². The molecule has 0 saturated heterocycles. The Hall–Kier alpha value is -2.34. The summed E-state index contributed by atoms with van der Waals surface area (Å²) < 4.78 is 1.89. The summed E-state index contributed by atoms with van der Waals surface area (Å²) in [6, 6.07) is 9.60. The summed E-state index contributed by atoms with van der Waals surface area (Å²) in [6.45, 7) is 8.33. The maximum Gasteiger partial charge on any atom is 0.191 e. The molecule has 1 aromatic heterocycles. The lowest BCUT2D eigenvalue weighted by Gasteiger charge is -2.22. The Kier molecular flexibility index (Phi) is 6.37. The molecule has 1 heterocycles. The summed E-state index contributed by atoms with van der Waals surface area (Å²) in [5, 5.41) is 21.4. The molecular weight excluding hydrogens is 302 g/mol. The van der Waals surface area contributed by atoms with Crippen molar-refractivity contribution in [1.29, 1.82) is 0 Å². The van der Waals surface area contributed by atoms with Crippen molar-refractivity contribution in [2.24, 2.45) is 4.99 Å². The Bertz CT molecular complexity index is 648. The third-order valence-electron chi connectivity index (χ3n) is 3.68. The first-order valence-electron chi connectivity index (χ1n) is 8.30. The quantitative estimate of drug-likeness (QED) is 0.533. The van der Waals surface area contributed by atoms with E-state index in [-0.39, 0.29) is 6.54 Å². The molecule has 2 aromatic rings. The van der Waals surface area contributed by atoms with Gasteiger partial charge >= 0.3 is 0 Å². The number of aliphatic hydroxyl groups is 1. The zero-order valence-corrected chi connectivity index (χ0v) is 14.7. The minimum absolute atomic E-state index is 0.285. The molecule has 1 unspecified atom stereocenters. The fourth-order valence-electron chi connectivity index (χ4n) is 2.34. The van der Waals surface area contributed by atoms with Gasteiger partial charge in [0, 0.05) is 19.3 Å². The lowest BCUT2D eigenvalue weighted by Crippen LogP contribution is -2.40. The zero-order valence-electron chi connectivity index (χ0n) is 14.7. The minimum Gasteiger partial charge on any atom is -0.384 e. The molecule has 1 aromatic carbocycles. The van der Waals surface area contributed by atoms with E-state index in [0.29, 0.717) is 12.5 Å². The van der Waals surface area contributed by atoms with E-state index in [9.17, 15) is 5.11 Å². The van der Waals surface area contributed by atoms with Crippen molar-refractivity contribution in [2.75, 3.05) is 19.6 Å². The van der Waals surface area contributed by atoms with Gasteiger partial charge < -0.3 is 15.7 Å². The van der Waals surface area contributed by atoms with Gasteiger partial charge in [0.15, 0.2) is 5.96 Å². The van der Waals surface area contributed by atoms with E-state index in [2.05, 4.69) is 20.7 Å². The zero-order chi connectivity index (χ0) is 17.4. The third kappa shape index (κ3) is 5.38. The van der Waals surface area contributed by atoms with Crippen LogP contribution < -0.4 is 10.6 Å². The standard InChI is InChI=1S/C18H27N5O/c1-4-19-17(20-10-11-23-13-15(2)12-22-23)21-14-18(3,24)16-8-6-5-7-9-16/h5-9,12-13,24H,4,10-11,14H2,1-3H3,(H2,19,20,21). The van der Waals surface area contributed by atoms with E-state index in [4.69, 9.17) is 0 Å². The van der Waals surface area contributed by atoms with Gasteiger partial charge in [-0.1, -0.05) is 30.3 Å². The highest BCUT2D eigenvalue weighted by Gasteiger charge is 2.22. The number of nitrogens with zero attached hydrogens (tertiary/aromatic N) is 3. The van der Waals surface area contributed by atoms with Gasteiger partial charge in [-0.15, -0.1) is 0 Å². The molecule has 6 nitrogen and oxygen atoms in total. The Morgan fingerprint density at radius 1 is 1.29 bits per heavy atom. The molecule has 2 rings (SSSR count). The fourth-order valence-corrected chi connectivity index (χ4v) is 2.34. The molecule has 3 N–H and O–H groups in total. The summed E-state index contributed by atoms with van der Waals surface area (Å²) in [5.41, 5.74) is 1.01. The Morgan fingerprint density at radius 2 is 2.04 bits per heavy atom. The summed E-state index contributed by atoms with van der Waals surface area (Å²) in [5.74, 6) is 0.692. The van der Waals surface area contributed by atoms with Crippen molar-refractivity contribution in [1.82, 2.24) is 20.4 Å². The Morgan fingerprint density at radius 3 is 2.67 bits per heavy atom. The topological polar surface area (TPSA) is 74.5 Å². The van der Waals surface area contributed by atoms with Crippen LogP contribution in [-0.2, 0) is 12.1 Å². The highest BCUT2D eigenvalue weighted by Crippen LogP contribution is 2.20. The number of hydrogen-bond acceptors (Lipinski definition) is 3. The Balaban J connectivity index is 1.92. The first kappa shape index (κ1) is 18.0. The number of rotatable bonds is 7. The van der Waals surface area contributed by atoms with Gasteiger partial charge in [-0.2, -0.15) is 5.10 Å². The van der Waals surface area contributed by atoms with Crippen LogP contribution >= 0.6 is 0 Å². The summed E-state index contributed by atoms with van der Waals surface area (Å²) >= 11 is 0. The summed E-state index contributed by atoms with van der Waals surface area (Å²) in [6.07, 6.45) is 3.85. The van der Waals surface area contributed by atoms with Crippen LogP contribution in [0.5, 0.6) is 0 Å². The van der Waals surface area contributed by atoms with Gasteiger partial charge in [0.2, 0.25) is 0 Å². The number of hydrogen-bond donors (Lipinski definition) is 3. The average Bonchev–Trinajstić information content (AvgIpc) is 2.99. The highest BCUT2D eigenvalue weighted by molar-refractivity contribution is 5.79. The molecule has 0 aliphatic rings. The normalized spacial score (nSPS) is 14.2. The van der Waals surface area contributed by atoms with Gasteiger partial charge in [-0.25, -0.2) is 4.99 Å². The minimum atomic E-state index is -0.997. The van der Waals surface area contributed by atoms with Crippen molar-refractivity contribution in [3.63, 3.8) is 0 Å². The molecule has 0 amide bonds. The molecule has 6 heteroatoms. The van der Waals surface area contributed by atoms with Crippen LogP contribution in [0, 0.1) is 6.92 Å². The van der Waals surface area contributed by atoms with Crippen LogP contribution in [0.3, 0.4) is 0 Å². The molecule has 0 fully saturated rings. The molecule has 24 heavy (non-hydrogen) atoms. The van der Waals surface area contributed by atoms with Gasteiger partial charge in [-0.05, 0) is 31.9 Å². The predicted octanol–water partition coefficient (Wildman–Crippen LogP) is 1.65. The highest BCUT2D eigenvalue weighted by atomic mass is 16.3. The fraction of sp³-hybridized carbons (Fsp3) is 0.444. The lowest BCUT2D eigenvalue weighted by molar-refractivity contribution is 0.0672. The number of aliphatic imine (C=N–C) groups is 1. The second-order valence-electron chi connectivity index (χ2n) is 6.04. The van der Waals surface area contributed by atoms with E-state index in [0.717, 1.165) is 24.2 Å². The molecule has 130 valence electrons. The van der Waals surface area contributed by atoms with Crippen LogP contribution in [0.25, 0.3) is 0 Å². The van der Waals surface area contributed by atoms with E-state index >= 15 is 0 Å². The molecule has 0 spiro atoms. The second-order valence-corrected chi connectivity index (χ2v) is 6.04. The molecule has 0 aliphatic heterocycles. The van der Waals surface area contributed by atoms with Crippen LogP contribution in [0.1, 0.15) is 25.0 Å². The van der Waals surface area contributed by atoms with Crippen molar-refractivity contribution in [3.8, 4) is 0 Å². The number of aryl methyl sites for hydroxylation is 1. The molecule has 0 radical (unpaired) electrons. The predicted molar refractivity (Wildman–Crippen MR) is 97.0 cm³/mol. The first-order chi connectivity index (χ1) is 11.5. The van der Waals surface area contributed by atoms with Crippen molar-refractivity contribution >= 4 is 5.96 Å². The number of nitrogens with one attached hydrogen (secondary N) is 2. The maximum atomic E-state index is 10.6. The average molecular weight is 329 g/mol. The van der Waals surface area contributed by atoms with Crippen LogP contribution in [-0.4, -0.2) is 40.5 Å². The van der Waals surface area contributed by atoms with Gasteiger partial charge in [0.25, 0.3) is 0 Å². The molecule has 0 saturated carbocycles. The molecular formula is C18H27N5O. The summed E-state index contributed by atoms with van der Waals surface area (Å²) in [4.78, 5) is 4.51. The van der Waals surface area contributed by atoms with E-state index in [1.165, 1.54) is 0 Å². The number of benzene rings is 1. The molecule has 0 bridgehead atoms. The van der Waals surface area contributed by atoms with Gasteiger partial charge in [0.1, 0.15) is 5.60 Å². The SMILES string of the molecule is CCNC(=NCC(C)(O)c1ccccc1)NCCn1cc(C)cn1.